The van der Waals surface area contributed by atoms with E-state index < -0.39 is 0 Å². The van der Waals surface area contributed by atoms with E-state index in [9.17, 15) is 0 Å². The first-order valence-corrected chi connectivity index (χ1v) is 8.71. The number of halogens is 1. The quantitative estimate of drug-likeness (QED) is 0.376. The van der Waals surface area contributed by atoms with E-state index in [1.54, 1.807) is 0 Å². The van der Waals surface area contributed by atoms with Gasteiger partial charge in [-0.25, -0.2) is 0 Å². The van der Waals surface area contributed by atoms with Crippen LogP contribution in [0.3, 0.4) is 0 Å². The SMILES string of the molecule is CCOC1CCN(C(=NC)NCC(CC(C)C)N(C)C)CC1.I. The Balaban J connectivity index is 0.00000484. The molecular weight excluding hydrogens is 403 g/mol. The van der Waals surface area contributed by atoms with Crippen LogP contribution in [0.25, 0.3) is 0 Å². The lowest BCUT2D eigenvalue weighted by atomic mass is 10.0. The maximum atomic E-state index is 5.72. The molecule has 0 radical (unpaired) electrons. The highest BCUT2D eigenvalue weighted by molar-refractivity contribution is 14.0. The van der Waals surface area contributed by atoms with E-state index in [0.717, 1.165) is 45.0 Å². The van der Waals surface area contributed by atoms with E-state index in [0.29, 0.717) is 18.1 Å². The first-order valence-electron chi connectivity index (χ1n) is 8.71. The molecule has 1 rings (SSSR count). The average molecular weight is 440 g/mol. The molecule has 0 aliphatic carbocycles. The fourth-order valence-corrected chi connectivity index (χ4v) is 3.03. The highest BCUT2D eigenvalue weighted by Gasteiger charge is 2.22. The van der Waals surface area contributed by atoms with Crippen molar-refractivity contribution in [1.82, 2.24) is 15.1 Å². The summed E-state index contributed by atoms with van der Waals surface area (Å²) >= 11 is 0. The van der Waals surface area contributed by atoms with E-state index in [1.165, 1.54) is 6.42 Å². The van der Waals surface area contributed by atoms with Gasteiger partial charge in [0.25, 0.3) is 0 Å². The Morgan fingerprint density at radius 2 is 1.91 bits per heavy atom. The van der Waals surface area contributed by atoms with Gasteiger partial charge in [-0.2, -0.15) is 0 Å². The Kier molecular flexibility index (Phi) is 12.3. The Labute approximate surface area is 160 Å². The highest BCUT2D eigenvalue weighted by Crippen LogP contribution is 2.14. The van der Waals surface area contributed by atoms with Crippen molar-refractivity contribution in [2.24, 2.45) is 10.9 Å². The smallest absolute Gasteiger partial charge is 0.193 e. The Morgan fingerprint density at radius 1 is 1.30 bits per heavy atom. The van der Waals surface area contributed by atoms with Crippen molar-refractivity contribution in [3.05, 3.63) is 0 Å². The van der Waals surface area contributed by atoms with Crippen molar-refractivity contribution in [2.45, 2.75) is 52.2 Å². The van der Waals surface area contributed by atoms with Gasteiger partial charge in [0.05, 0.1) is 6.10 Å². The summed E-state index contributed by atoms with van der Waals surface area (Å²) < 4.78 is 5.72. The molecule has 0 spiro atoms. The minimum absolute atomic E-state index is 0. The molecule has 1 N–H and O–H groups in total. The van der Waals surface area contributed by atoms with Crippen LogP contribution >= 0.6 is 24.0 Å². The summed E-state index contributed by atoms with van der Waals surface area (Å²) in [4.78, 5) is 9.13. The fraction of sp³-hybridized carbons (Fsp3) is 0.941. The molecule has 5 nitrogen and oxygen atoms in total. The summed E-state index contributed by atoms with van der Waals surface area (Å²) in [6.07, 6.45) is 3.81. The van der Waals surface area contributed by atoms with E-state index >= 15 is 0 Å². The second kappa shape index (κ2) is 12.3. The Bertz CT molecular complexity index is 329. The number of hydrogen-bond acceptors (Lipinski definition) is 3. The lowest BCUT2D eigenvalue weighted by Crippen LogP contribution is -2.50. The van der Waals surface area contributed by atoms with Crippen molar-refractivity contribution in [1.29, 1.82) is 0 Å². The molecule has 0 aromatic carbocycles. The molecule has 1 unspecified atom stereocenters. The normalized spacial score (nSPS) is 18.3. The van der Waals surface area contributed by atoms with Gasteiger partial charge in [0.1, 0.15) is 0 Å². The zero-order chi connectivity index (χ0) is 16.5. The maximum absolute atomic E-state index is 5.72. The maximum Gasteiger partial charge on any atom is 0.193 e. The van der Waals surface area contributed by atoms with Crippen LogP contribution in [0.4, 0.5) is 0 Å². The van der Waals surface area contributed by atoms with Gasteiger partial charge in [0, 0.05) is 39.3 Å². The number of ether oxygens (including phenoxy) is 1. The number of rotatable bonds is 7. The summed E-state index contributed by atoms with van der Waals surface area (Å²) in [6.45, 7) is 10.5. The third-order valence-corrected chi connectivity index (χ3v) is 4.33. The Hall–Kier alpha value is -0.0800. The number of piperidine rings is 1. The molecule has 6 heteroatoms. The number of nitrogens with zero attached hydrogens (tertiary/aromatic N) is 3. The molecule has 23 heavy (non-hydrogen) atoms. The minimum atomic E-state index is 0. The van der Waals surface area contributed by atoms with E-state index in [4.69, 9.17) is 4.74 Å². The van der Waals surface area contributed by atoms with Crippen LogP contribution in [-0.2, 0) is 4.74 Å². The van der Waals surface area contributed by atoms with Gasteiger partial charge in [-0.1, -0.05) is 13.8 Å². The van der Waals surface area contributed by atoms with Gasteiger partial charge in [-0.15, -0.1) is 24.0 Å². The van der Waals surface area contributed by atoms with Crippen LogP contribution in [0.5, 0.6) is 0 Å². The third kappa shape index (κ3) is 8.54. The van der Waals surface area contributed by atoms with Crippen LogP contribution in [0.2, 0.25) is 0 Å². The van der Waals surface area contributed by atoms with Crippen LogP contribution in [0.15, 0.2) is 4.99 Å². The molecule has 1 aliphatic rings. The second-order valence-corrected chi connectivity index (χ2v) is 6.82. The number of aliphatic imine (C=N–C) groups is 1. The molecule has 1 heterocycles. The van der Waals surface area contributed by atoms with E-state index in [2.05, 4.69) is 55.0 Å². The lowest BCUT2D eigenvalue weighted by Gasteiger charge is -2.35. The molecule has 0 aromatic rings. The molecule has 1 saturated heterocycles. The standard InChI is InChI=1S/C17H36N4O.HI/c1-7-22-16-8-10-21(11-9-16)17(18-4)19-13-15(20(5)6)12-14(2)3;/h14-16H,7-13H2,1-6H3,(H,18,19);1H. The Morgan fingerprint density at radius 3 is 2.35 bits per heavy atom. The van der Waals surface area contributed by atoms with Crippen molar-refractivity contribution < 1.29 is 4.74 Å². The molecule has 1 atom stereocenters. The van der Waals surface area contributed by atoms with Gasteiger partial charge in [0.15, 0.2) is 5.96 Å². The fourth-order valence-electron chi connectivity index (χ4n) is 3.03. The van der Waals surface area contributed by atoms with Gasteiger partial charge in [-0.05, 0) is 46.2 Å². The monoisotopic (exact) mass is 440 g/mol. The average Bonchev–Trinajstić information content (AvgIpc) is 2.48. The summed E-state index contributed by atoms with van der Waals surface area (Å²) in [6, 6.07) is 0.540. The predicted molar refractivity (Wildman–Crippen MR) is 110 cm³/mol. The molecule has 0 bridgehead atoms. The van der Waals surface area contributed by atoms with Gasteiger partial charge in [-0.3, -0.25) is 4.99 Å². The minimum Gasteiger partial charge on any atom is -0.378 e. The van der Waals surface area contributed by atoms with Gasteiger partial charge >= 0.3 is 0 Å². The van der Waals surface area contributed by atoms with Crippen molar-refractivity contribution in [3.8, 4) is 0 Å². The van der Waals surface area contributed by atoms with Crippen LogP contribution in [-0.4, -0.2) is 75.3 Å². The van der Waals surface area contributed by atoms with Crippen LogP contribution in [0, 0.1) is 5.92 Å². The number of likely N-dealkylation sites (N-methyl/N-ethyl adjacent to an activating group) is 1. The number of guanidine groups is 1. The van der Waals surface area contributed by atoms with E-state index in [-0.39, 0.29) is 24.0 Å². The molecule has 0 aromatic heterocycles. The summed E-state index contributed by atoms with van der Waals surface area (Å²) in [5.41, 5.74) is 0. The van der Waals surface area contributed by atoms with Gasteiger partial charge in [0.2, 0.25) is 0 Å². The van der Waals surface area contributed by atoms with Crippen molar-refractivity contribution in [2.75, 3.05) is 47.4 Å². The van der Waals surface area contributed by atoms with Crippen LogP contribution in [0.1, 0.15) is 40.0 Å². The number of nitrogens with one attached hydrogen (secondary N) is 1. The van der Waals surface area contributed by atoms with Crippen molar-refractivity contribution >= 4 is 29.9 Å². The first-order chi connectivity index (χ1) is 10.5. The van der Waals surface area contributed by atoms with E-state index in [1.807, 2.05) is 7.05 Å². The first kappa shape index (κ1) is 22.9. The highest BCUT2D eigenvalue weighted by atomic mass is 127. The molecule has 1 aliphatic heterocycles. The molecule has 0 amide bonds. The van der Waals surface area contributed by atoms with Crippen molar-refractivity contribution in [3.63, 3.8) is 0 Å². The number of likely N-dealkylation sites (tertiary alicyclic amines) is 1. The summed E-state index contributed by atoms with van der Waals surface area (Å²) in [7, 11) is 6.19. The largest absolute Gasteiger partial charge is 0.378 e. The van der Waals surface area contributed by atoms with Gasteiger partial charge < -0.3 is 19.9 Å². The molecule has 138 valence electrons. The summed E-state index contributed by atoms with van der Waals surface area (Å²) in [5.74, 6) is 1.74. The third-order valence-electron chi connectivity index (χ3n) is 4.33. The zero-order valence-corrected chi connectivity index (χ0v) is 18.2. The molecule has 0 saturated carbocycles. The van der Waals surface area contributed by atoms with Crippen LogP contribution < -0.4 is 5.32 Å². The second-order valence-electron chi connectivity index (χ2n) is 6.82. The zero-order valence-electron chi connectivity index (χ0n) is 15.8. The predicted octanol–water partition coefficient (Wildman–Crippen LogP) is 2.66. The molecular formula is C17H37IN4O. The summed E-state index contributed by atoms with van der Waals surface area (Å²) in [5, 5.41) is 3.57. The number of hydrogen-bond donors (Lipinski definition) is 1. The topological polar surface area (TPSA) is 40.1 Å². The molecule has 1 fully saturated rings. The lowest BCUT2D eigenvalue weighted by molar-refractivity contribution is 0.0263.